The van der Waals surface area contributed by atoms with Gasteiger partial charge >= 0.3 is 0 Å². The summed E-state index contributed by atoms with van der Waals surface area (Å²) < 4.78 is 5.72. The van der Waals surface area contributed by atoms with Gasteiger partial charge in [-0.05, 0) is 69.2 Å². The second-order valence-electron chi connectivity index (χ2n) is 7.77. The third-order valence-corrected chi connectivity index (χ3v) is 5.75. The second-order valence-corrected chi connectivity index (χ2v) is 7.77. The summed E-state index contributed by atoms with van der Waals surface area (Å²) in [4.78, 5) is 28.5. The second kappa shape index (κ2) is 8.11. The molecule has 2 aliphatic rings. The minimum absolute atomic E-state index is 0.00797. The van der Waals surface area contributed by atoms with Crippen molar-refractivity contribution in [2.24, 2.45) is 5.92 Å². The van der Waals surface area contributed by atoms with Gasteiger partial charge in [0.1, 0.15) is 5.75 Å². The average molecular weight is 358 g/mol. The number of hydrogen-bond acceptors (Lipinski definition) is 3. The standard InChI is InChI=1S/C21H30N2O3/c1-15(2)22(3)21(25)17-9-11-23(12-10-17)20(24)14-26-19-8-7-16-5-4-6-18(16)13-19/h7-8,13,15,17H,4-6,9-12,14H2,1-3H3. The molecule has 0 bridgehead atoms. The molecule has 0 spiro atoms. The fourth-order valence-corrected chi connectivity index (χ4v) is 3.79. The van der Waals surface area contributed by atoms with Gasteiger partial charge in [0, 0.05) is 32.1 Å². The van der Waals surface area contributed by atoms with Crippen LogP contribution in [0.2, 0.25) is 0 Å². The van der Waals surface area contributed by atoms with E-state index < -0.39 is 0 Å². The summed E-state index contributed by atoms with van der Waals surface area (Å²) in [5, 5.41) is 0. The van der Waals surface area contributed by atoms with Gasteiger partial charge in [-0.15, -0.1) is 0 Å². The van der Waals surface area contributed by atoms with Gasteiger partial charge in [0.2, 0.25) is 5.91 Å². The highest BCUT2D eigenvalue weighted by atomic mass is 16.5. The van der Waals surface area contributed by atoms with Crippen LogP contribution >= 0.6 is 0 Å². The molecule has 1 saturated heterocycles. The van der Waals surface area contributed by atoms with E-state index >= 15 is 0 Å². The molecule has 0 saturated carbocycles. The molecule has 1 aliphatic carbocycles. The predicted octanol–water partition coefficient (Wildman–Crippen LogP) is 2.66. The Morgan fingerprint density at radius 2 is 1.88 bits per heavy atom. The lowest BCUT2D eigenvalue weighted by atomic mass is 9.95. The molecular formula is C21H30N2O3. The number of ether oxygens (including phenoxy) is 1. The molecule has 0 radical (unpaired) electrons. The molecule has 26 heavy (non-hydrogen) atoms. The average Bonchev–Trinajstić information content (AvgIpc) is 3.12. The topological polar surface area (TPSA) is 49.9 Å². The molecule has 0 atom stereocenters. The van der Waals surface area contributed by atoms with Crippen molar-refractivity contribution in [3.05, 3.63) is 29.3 Å². The number of benzene rings is 1. The zero-order valence-electron chi connectivity index (χ0n) is 16.2. The molecule has 1 heterocycles. The van der Waals surface area contributed by atoms with E-state index in [1.165, 1.54) is 17.5 Å². The summed E-state index contributed by atoms with van der Waals surface area (Å²) in [7, 11) is 1.86. The van der Waals surface area contributed by atoms with E-state index in [9.17, 15) is 9.59 Å². The summed E-state index contributed by atoms with van der Waals surface area (Å²) in [5.41, 5.74) is 2.75. The molecule has 142 valence electrons. The van der Waals surface area contributed by atoms with Crippen LogP contribution in [0.15, 0.2) is 18.2 Å². The van der Waals surface area contributed by atoms with Crippen LogP contribution in [0, 0.1) is 5.92 Å². The Kier molecular flexibility index (Phi) is 5.84. The molecule has 5 nitrogen and oxygen atoms in total. The van der Waals surface area contributed by atoms with E-state index in [1.807, 2.05) is 31.9 Å². The quantitative estimate of drug-likeness (QED) is 0.813. The van der Waals surface area contributed by atoms with Crippen molar-refractivity contribution in [1.29, 1.82) is 0 Å². The molecule has 0 unspecified atom stereocenters. The lowest BCUT2D eigenvalue weighted by Gasteiger charge is -2.34. The fourth-order valence-electron chi connectivity index (χ4n) is 3.79. The molecule has 5 heteroatoms. The Morgan fingerprint density at radius 3 is 2.58 bits per heavy atom. The van der Waals surface area contributed by atoms with Gasteiger partial charge < -0.3 is 14.5 Å². The van der Waals surface area contributed by atoms with Gasteiger partial charge in [0.15, 0.2) is 6.61 Å². The number of aryl methyl sites for hydroxylation is 2. The van der Waals surface area contributed by atoms with E-state index in [1.54, 1.807) is 4.90 Å². The monoisotopic (exact) mass is 358 g/mol. The Balaban J connectivity index is 1.46. The molecular weight excluding hydrogens is 328 g/mol. The van der Waals surface area contributed by atoms with Crippen molar-refractivity contribution in [1.82, 2.24) is 9.80 Å². The number of fused-ring (bicyclic) bond motifs is 1. The van der Waals surface area contributed by atoms with Crippen molar-refractivity contribution >= 4 is 11.8 Å². The largest absolute Gasteiger partial charge is 0.484 e. The Hall–Kier alpha value is -2.04. The van der Waals surface area contributed by atoms with E-state index in [4.69, 9.17) is 4.74 Å². The van der Waals surface area contributed by atoms with Gasteiger partial charge in [0.25, 0.3) is 5.91 Å². The molecule has 1 aliphatic heterocycles. The van der Waals surface area contributed by atoms with E-state index in [0.29, 0.717) is 13.1 Å². The SMILES string of the molecule is CC(C)N(C)C(=O)C1CCN(C(=O)COc2ccc3c(c2)CCC3)CC1. The van der Waals surface area contributed by atoms with Crippen LogP contribution in [0.3, 0.4) is 0 Å². The maximum atomic E-state index is 12.4. The van der Waals surface area contributed by atoms with Gasteiger partial charge in [-0.25, -0.2) is 0 Å². The molecule has 1 aromatic rings. The van der Waals surface area contributed by atoms with E-state index in [-0.39, 0.29) is 30.4 Å². The lowest BCUT2D eigenvalue weighted by molar-refractivity contribution is -0.141. The van der Waals surface area contributed by atoms with E-state index in [2.05, 4.69) is 12.1 Å². The van der Waals surface area contributed by atoms with Gasteiger partial charge in [-0.2, -0.15) is 0 Å². The zero-order valence-corrected chi connectivity index (χ0v) is 16.2. The summed E-state index contributed by atoms with van der Waals surface area (Å²) >= 11 is 0. The summed E-state index contributed by atoms with van der Waals surface area (Å²) in [5.74, 6) is 1.02. The summed E-state index contributed by atoms with van der Waals surface area (Å²) in [6.07, 6.45) is 4.93. The third-order valence-electron chi connectivity index (χ3n) is 5.75. The molecule has 1 aromatic carbocycles. The number of amides is 2. The molecule has 3 rings (SSSR count). The molecule has 0 aromatic heterocycles. The van der Waals surface area contributed by atoms with Crippen molar-refractivity contribution in [3.63, 3.8) is 0 Å². The predicted molar refractivity (Wildman–Crippen MR) is 101 cm³/mol. The maximum Gasteiger partial charge on any atom is 0.260 e. The van der Waals surface area contributed by atoms with Crippen molar-refractivity contribution in [3.8, 4) is 5.75 Å². The third kappa shape index (κ3) is 4.19. The van der Waals surface area contributed by atoms with Gasteiger partial charge in [0.05, 0.1) is 0 Å². The first-order valence-corrected chi connectivity index (χ1v) is 9.74. The highest BCUT2D eigenvalue weighted by Gasteiger charge is 2.29. The van der Waals surface area contributed by atoms with Gasteiger partial charge in [-0.3, -0.25) is 9.59 Å². The number of piperidine rings is 1. The zero-order chi connectivity index (χ0) is 18.7. The molecule has 1 fully saturated rings. The van der Waals surface area contributed by atoms with Crippen molar-refractivity contribution in [2.75, 3.05) is 26.7 Å². The van der Waals surface area contributed by atoms with Gasteiger partial charge in [-0.1, -0.05) is 6.07 Å². The Bertz CT molecular complexity index is 663. The molecule has 0 N–H and O–H groups in total. The van der Waals surface area contributed by atoms with Crippen LogP contribution in [0.4, 0.5) is 0 Å². The molecule has 2 amide bonds. The van der Waals surface area contributed by atoms with Crippen molar-refractivity contribution < 1.29 is 14.3 Å². The number of carbonyl (C=O) groups excluding carboxylic acids is 2. The summed E-state index contributed by atoms with van der Waals surface area (Å²) in [6.45, 7) is 5.38. The normalized spacial score (nSPS) is 17.3. The lowest BCUT2D eigenvalue weighted by Crippen LogP contribution is -2.46. The first-order chi connectivity index (χ1) is 12.5. The Labute approximate surface area is 156 Å². The first-order valence-electron chi connectivity index (χ1n) is 9.74. The van der Waals surface area contributed by atoms with Crippen LogP contribution in [0.5, 0.6) is 5.75 Å². The Morgan fingerprint density at radius 1 is 1.19 bits per heavy atom. The fraction of sp³-hybridized carbons (Fsp3) is 0.619. The minimum Gasteiger partial charge on any atom is -0.484 e. The van der Waals surface area contributed by atoms with Crippen LogP contribution < -0.4 is 4.74 Å². The number of carbonyl (C=O) groups is 2. The van der Waals surface area contributed by atoms with Crippen LogP contribution in [0.25, 0.3) is 0 Å². The minimum atomic E-state index is 0.00797. The van der Waals surface area contributed by atoms with Crippen molar-refractivity contribution in [2.45, 2.75) is 52.0 Å². The number of nitrogens with zero attached hydrogens (tertiary/aromatic N) is 2. The maximum absolute atomic E-state index is 12.4. The number of likely N-dealkylation sites (tertiary alicyclic amines) is 1. The summed E-state index contributed by atoms with van der Waals surface area (Å²) in [6, 6.07) is 6.36. The highest BCUT2D eigenvalue weighted by Crippen LogP contribution is 2.26. The smallest absolute Gasteiger partial charge is 0.260 e. The number of hydrogen-bond donors (Lipinski definition) is 0. The van der Waals surface area contributed by atoms with Crippen LogP contribution in [-0.4, -0.2) is 54.4 Å². The van der Waals surface area contributed by atoms with Crippen LogP contribution in [0.1, 0.15) is 44.2 Å². The van der Waals surface area contributed by atoms with E-state index in [0.717, 1.165) is 31.4 Å². The first kappa shape index (κ1) is 18.7. The highest BCUT2D eigenvalue weighted by molar-refractivity contribution is 5.80. The number of rotatable bonds is 5. The van der Waals surface area contributed by atoms with Crippen LogP contribution in [-0.2, 0) is 22.4 Å².